The van der Waals surface area contributed by atoms with Crippen LogP contribution >= 0.6 is 0 Å². The van der Waals surface area contributed by atoms with Crippen molar-refractivity contribution in [3.63, 3.8) is 0 Å². The summed E-state index contributed by atoms with van der Waals surface area (Å²) in [5, 5.41) is 12.0. The van der Waals surface area contributed by atoms with E-state index in [1.807, 2.05) is 29.2 Å². The summed E-state index contributed by atoms with van der Waals surface area (Å²) in [6.45, 7) is 1.60. The molecule has 0 saturated carbocycles. The molecule has 0 atom stereocenters. The van der Waals surface area contributed by atoms with Gasteiger partial charge in [-0.2, -0.15) is 0 Å². The fourth-order valence-electron chi connectivity index (χ4n) is 1.67. The van der Waals surface area contributed by atoms with E-state index >= 15 is 0 Å². The van der Waals surface area contributed by atoms with Gasteiger partial charge in [0, 0.05) is 13.1 Å². The van der Waals surface area contributed by atoms with Crippen molar-refractivity contribution in [2.75, 3.05) is 29.9 Å². The van der Waals surface area contributed by atoms with Gasteiger partial charge in [0.2, 0.25) is 0 Å². The first-order chi connectivity index (χ1) is 6.77. The number of benzene rings is 1. The van der Waals surface area contributed by atoms with Gasteiger partial charge in [-0.25, -0.2) is 0 Å². The number of carboxylic acids is 1. The normalized spacial score (nSPS) is 14.4. The lowest BCUT2D eigenvalue weighted by Crippen LogP contribution is -2.37. The summed E-state index contributed by atoms with van der Waals surface area (Å²) in [4.78, 5) is 12.5. The third kappa shape index (κ3) is 1.64. The molecule has 2 rings (SSSR count). The van der Waals surface area contributed by atoms with E-state index in [0.717, 1.165) is 24.5 Å². The number of carbonyl (C=O) groups is 1. The number of carboxylic acid groups (broad SMARTS) is 1. The molecule has 0 fully saturated rings. The molecule has 0 bridgehead atoms. The van der Waals surface area contributed by atoms with Gasteiger partial charge in [0.05, 0.1) is 11.4 Å². The average Bonchev–Trinajstić information content (AvgIpc) is 2.18. The van der Waals surface area contributed by atoms with Gasteiger partial charge in [0.15, 0.2) is 0 Å². The summed E-state index contributed by atoms with van der Waals surface area (Å²) >= 11 is 0. The quantitative estimate of drug-likeness (QED) is 0.734. The molecule has 4 nitrogen and oxygen atoms in total. The number of nitrogens with one attached hydrogen (secondary N) is 1. The van der Waals surface area contributed by atoms with Crippen molar-refractivity contribution in [1.29, 1.82) is 0 Å². The van der Waals surface area contributed by atoms with Crippen molar-refractivity contribution in [3.8, 4) is 0 Å². The molecule has 0 saturated heterocycles. The van der Waals surface area contributed by atoms with Crippen molar-refractivity contribution in [2.24, 2.45) is 0 Å². The third-order valence-corrected chi connectivity index (χ3v) is 2.27. The number of hydrogen-bond donors (Lipinski definition) is 2. The van der Waals surface area contributed by atoms with Gasteiger partial charge >= 0.3 is 5.97 Å². The Labute approximate surface area is 82.2 Å². The predicted molar refractivity (Wildman–Crippen MR) is 54.8 cm³/mol. The van der Waals surface area contributed by atoms with E-state index in [0.29, 0.717) is 0 Å². The standard InChI is InChI=1S/C10H12N2O2/c13-10(14)7-12-6-5-11-8-3-1-2-4-9(8)12/h1-4,11H,5-7H2,(H,13,14). The molecular formula is C10H12N2O2. The van der Waals surface area contributed by atoms with Crippen molar-refractivity contribution < 1.29 is 9.90 Å². The summed E-state index contributed by atoms with van der Waals surface area (Å²) in [5.74, 6) is -0.790. The molecule has 2 N–H and O–H groups in total. The van der Waals surface area contributed by atoms with E-state index in [2.05, 4.69) is 5.32 Å². The van der Waals surface area contributed by atoms with Gasteiger partial charge in [0.1, 0.15) is 6.54 Å². The Bertz CT molecular complexity index is 352. The highest BCUT2D eigenvalue weighted by atomic mass is 16.4. The van der Waals surface area contributed by atoms with Crippen molar-refractivity contribution in [3.05, 3.63) is 24.3 Å². The molecule has 0 spiro atoms. The smallest absolute Gasteiger partial charge is 0.323 e. The minimum atomic E-state index is -0.790. The van der Waals surface area contributed by atoms with Gasteiger partial charge in [-0.1, -0.05) is 12.1 Å². The second-order valence-corrected chi connectivity index (χ2v) is 3.26. The number of anilines is 2. The molecule has 0 aliphatic carbocycles. The molecular weight excluding hydrogens is 180 g/mol. The molecule has 1 aromatic rings. The lowest BCUT2D eigenvalue weighted by molar-refractivity contribution is -0.135. The summed E-state index contributed by atoms with van der Waals surface area (Å²) in [5.41, 5.74) is 1.99. The van der Waals surface area contributed by atoms with Crippen molar-refractivity contribution in [1.82, 2.24) is 0 Å². The minimum Gasteiger partial charge on any atom is -0.480 e. The van der Waals surface area contributed by atoms with Gasteiger partial charge in [-0.05, 0) is 12.1 Å². The molecule has 0 aromatic heterocycles. The van der Waals surface area contributed by atoms with Crippen LogP contribution < -0.4 is 10.2 Å². The topological polar surface area (TPSA) is 52.6 Å². The molecule has 14 heavy (non-hydrogen) atoms. The summed E-state index contributed by atoms with van der Waals surface area (Å²) < 4.78 is 0. The Balaban J connectivity index is 2.26. The minimum absolute atomic E-state index is 0.0681. The Hall–Kier alpha value is -1.71. The van der Waals surface area contributed by atoms with E-state index in [-0.39, 0.29) is 6.54 Å². The second kappa shape index (κ2) is 3.57. The average molecular weight is 192 g/mol. The SMILES string of the molecule is O=C(O)CN1CCNc2ccccc21. The molecule has 0 unspecified atom stereocenters. The number of nitrogens with zero attached hydrogens (tertiary/aromatic N) is 1. The fraction of sp³-hybridized carbons (Fsp3) is 0.300. The van der Waals surface area contributed by atoms with E-state index in [1.165, 1.54) is 0 Å². The maximum absolute atomic E-state index is 10.6. The molecule has 0 amide bonds. The first-order valence-electron chi connectivity index (χ1n) is 4.57. The van der Waals surface area contributed by atoms with Gasteiger partial charge in [-0.3, -0.25) is 4.79 Å². The van der Waals surface area contributed by atoms with Crippen LogP contribution in [0.2, 0.25) is 0 Å². The lowest BCUT2D eigenvalue weighted by atomic mass is 10.2. The van der Waals surface area contributed by atoms with Crippen molar-refractivity contribution in [2.45, 2.75) is 0 Å². The first kappa shape index (κ1) is 8.87. The monoisotopic (exact) mass is 192 g/mol. The van der Waals surface area contributed by atoms with E-state index in [9.17, 15) is 4.79 Å². The van der Waals surface area contributed by atoms with E-state index < -0.39 is 5.97 Å². The molecule has 1 aromatic carbocycles. The maximum Gasteiger partial charge on any atom is 0.323 e. The van der Waals surface area contributed by atoms with E-state index in [4.69, 9.17) is 5.11 Å². The van der Waals surface area contributed by atoms with Crippen molar-refractivity contribution >= 4 is 17.3 Å². The highest BCUT2D eigenvalue weighted by Crippen LogP contribution is 2.27. The zero-order valence-electron chi connectivity index (χ0n) is 7.73. The molecule has 74 valence electrons. The fourth-order valence-corrected chi connectivity index (χ4v) is 1.67. The zero-order valence-corrected chi connectivity index (χ0v) is 7.73. The summed E-state index contributed by atoms with van der Waals surface area (Å²) in [6, 6.07) is 7.75. The number of hydrogen-bond acceptors (Lipinski definition) is 3. The number of fused-ring (bicyclic) bond motifs is 1. The van der Waals surface area contributed by atoms with Crippen LogP contribution in [-0.4, -0.2) is 30.7 Å². The van der Waals surface area contributed by atoms with Gasteiger partial charge < -0.3 is 15.3 Å². The maximum atomic E-state index is 10.6. The Morgan fingerprint density at radius 1 is 1.50 bits per heavy atom. The van der Waals surface area contributed by atoms with Crippen LogP contribution in [0.1, 0.15) is 0 Å². The number of para-hydroxylation sites is 2. The van der Waals surface area contributed by atoms with Crippen LogP contribution in [0.25, 0.3) is 0 Å². The Morgan fingerprint density at radius 3 is 3.07 bits per heavy atom. The summed E-state index contributed by atoms with van der Waals surface area (Å²) in [6.07, 6.45) is 0. The first-order valence-corrected chi connectivity index (χ1v) is 4.57. The highest BCUT2D eigenvalue weighted by Gasteiger charge is 2.17. The molecule has 0 radical (unpaired) electrons. The Morgan fingerprint density at radius 2 is 2.29 bits per heavy atom. The van der Waals surface area contributed by atoms with Crippen LogP contribution in [0.3, 0.4) is 0 Å². The largest absolute Gasteiger partial charge is 0.480 e. The molecule has 1 aliphatic heterocycles. The molecule has 4 heteroatoms. The van der Waals surface area contributed by atoms with Gasteiger partial charge in [0.25, 0.3) is 0 Å². The lowest BCUT2D eigenvalue weighted by Gasteiger charge is -2.30. The predicted octanol–water partition coefficient (Wildman–Crippen LogP) is 1.00. The second-order valence-electron chi connectivity index (χ2n) is 3.26. The van der Waals surface area contributed by atoms with Gasteiger partial charge in [-0.15, -0.1) is 0 Å². The Kier molecular flexibility index (Phi) is 2.26. The summed E-state index contributed by atoms with van der Waals surface area (Å²) in [7, 11) is 0. The zero-order chi connectivity index (χ0) is 9.97. The molecule has 1 heterocycles. The van der Waals surface area contributed by atoms with Crippen LogP contribution in [0, 0.1) is 0 Å². The number of rotatable bonds is 2. The van der Waals surface area contributed by atoms with Crippen LogP contribution in [0.5, 0.6) is 0 Å². The number of aliphatic carboxylic acids is 1. The highest BCUT2D eigenvalue weighted by molar-refractivity contribution is 5.79. The van der Waals surface area contributed by atoms with Crippen LogP contribution in [0.4, 0.5) is 11.4 Å². The molecule has 1 aliphatic rings. The third-order valence-electron chi connectivity index (χ3n) is 2.27. The van der Waals surface area contributed by atoms with Crippen LogP contribution in [-0.2, 0) is 4.79 Å². The van der Waals surface area contributed by atoms with E-state index in [1.54, 1.807) is 0 Å². The van der Waals surface area contributed by atoms with Crippen LogP contribution in [0.15, 0.2) is 24.3 Å².